The van der Waals surface area contributed by atoms with Crippen molar-refractivity contribution in [2.24, 2.45) is 0 Å². The Labute approximate surface area is 93.3 Å². The van der Waals surface area contributed by atoms with Crippen LogP contribution in [-0.2, 0) is 0 Å². The first-order valence-corrected chi connectivity index (χ1v) is 4.83. The minimum atomic E-state index is -0.539. The minimum absolute atomic E-state index is 0.0893. The number of aromatic nitrogens is 2. The highest BCUT2D eigenvalue weighted by Crippen LogP contribution is 2.10. The van der Waals surface area contributed by atoms with Crippen molar-refractivity contribution in [3.05, 3.63) is 22.5 Å². The highest BCUT2D eigenvalue weighted by molar-refractivity contribution is 5.31. The summed E-state index contributed by atoms with van der Waals surface area (Å²) in [5, 5.41) is 13.4. The third kappa shape index (κ3) is 3.20. The van der Waals surface area contributed by atoms with Crippen LogP contribution < -0.4 is 5.32 Å². The van der Waals surface area contributed by atoms with Gasteiger partial charge in [-0.25, -0.2) is 9.97 Å². The van der Waals surface area contributed by atoms with E-state index in [4.69, 9.17) is 6.42 Å². The van der Waals surface area contributed by atoms with Crippen molar-refractivity contribution in [2.75, 3.05) is 5.32 Å². The summed E-state index contributed by atoms with van der Waals surface area (Å²) >= 11 is 0. The lowest BCUT2D eigenvalue weighted by Crippen LogP contribution is -2.19. The Morgan fingerprint density at radius 3 is 2.69 bits per heavy atom. The molecule has 16 heavy (non-hydrogen) atoms. The fourth-order valence-electron chi connectivity index (χ4n) is 1.11. The zero-order chi connectivity index (χ0) is 12.0. The number of terminal acetylenes is 1. The number of hydrogen-bond acceptors (Lipinski definition) is 5. The van der Waals surface area contributed by atoms with Crippen LogP contribution in [0.2, 0.25) is 0 Å². The van der Waals surface area contributed by atoms with Gasteiger partial charge in [-0.2, -0.15) is 0 Å². The number of hydrogen-bond donors (Lipinski definition) is 1. The maximum atomic E-state index is 10.4. The van der Waals surface area contributed by atoms with E-state index in [0.29, 0.717) is 12.4 Å². The van der Waals surface area contributed by atoms with E-state index >= 15 is 0 Å². The average Bonchev–Trinajstić information content (AvgIpc) is 2.29. The highest BCUT2D eigenvalue weighted by atomic mass is 16.6. The Kier molecular flexibility index (Phi) is 4.21. The molecule has 0 aliphatic carbocycles. The molecular formula is C10H12N4O2. The van der Waals surface area contributed by atoms with Gasteiger partial charge in [0.25, 0.3) is 0 Å². The highest BCUT2D eigenvalue weighted by Gasteiger charge is 2.09. The first kappa shape index (κ1) is 11.9. The van der Waals surface area contributed by atoms with E-state index in [9.17, 15) is 10.1 Å². The Bertz CT molecular complexity index is 396. The van der Waals surface area contributed by atoms with Crippen LogP contribution in [0.15, 0.2) is 12.4 Å². The van der Waals surface area contributed by atoms with Gasteiger partial charge in [0, 0.05) is 12.5 Å². The van der Waals surface area contributed by atoms with E-state index in [2.05, 4.69) is 21.2 Å². The van der Waals surface area contributed by atoms with Gasteiger partial charge < -0.3 is 5.32 Å². The van der Waals surface area contributed by atoms with Crippen molar-refractivity contribution in [3.63, 3.8) is 0 Å². The molecule has 1 N–H and O–H groups in total. The molecule has 0 bridgehead atoms. The van der Waals surface area contributed by atoms with Crippen molar-refractivity contribution in [2.45, 2.75) is 25.8 Å². The first-order valence-electron chi connectivity index (χ1n) is 4.83. The van der Waals surface area contributed by atoms with Crippen molar-refractivity contribution in [1.82, 2.24) is 9.97 Å². The van der Waals surface area contributed by atoms with Gasteiger partial charge in [-0.15, -0.1) is 12.3 Å². The van der Waals surface area contributed by atoms with Crippen LogP contribution in [-0.4, -0.2) is 20.9 Å². The van der Waals surface area contributed by atoms with E-state index < -0.39 is 4.92 Å². The molecule has 0 radical (unpaired) electrons. The second-order valence-corrected chi connectivity index (χ2v) is 3.18. The third-order valence-electron chi connectivity index (χ3n) is 2.04. The van der Waals surface area contributed by atoms with Gasteiger partial charge in [0.15, 0.2) is 0 Å². The standard InChI is InChI=1S/C10H12N4O2/c1-3-5-8(4-2)13-10-11-6-9(7-12-10)14(15)16/h1,6-8H,4-5H2,2H3,(H,11,12,13). The normalized spacial score (nSPS) is 11.5. The van der Waals surface area contributed by atoms with Crippen LogP contribution in [0.25, 0.3) is 0 Å². The van der Waals surface area contributed by atoms with Crippen LogP contribution in [0, 0.1) is 22.5 Å². The minimum Gasteiger partial charge on any atom is -0.351 e. The molecule has 1 aromatic heterocycles. The maximum Gasteiger partial charge on any atom is 0.305 e. The molecule has 0 saturated carbocycles. The molecule has 0 saturated heterocycles. The van der Waals surface area contributed by atoms with Crippen LogP contribution in [0.1, 0.15) is 19.8 Å². The summed E-state index contributed by atoms with van der Waals surface area (Å²) in [4.78, 5) is 17.5. The molecule has 1 unspecified atom stereocenters. The SMILES string of the molecule is C#CCC(CC)Nc1ncc([N+](=O)[O-])cn1. The molecular weight excluding hydrogens is 208 g/mol. The Morgan fingerprint density at radius 1 is 1.62 bits per heavy atom. The Balaban J connectivity index is 2.68. The summed E-state index contributed by atoms with van der Waals surface area (Å²) in [6.45, 7) is 1.99. The van der Waals surface area contributed by atoms with Crippen LogP contribution in [0.5, 0.6) is 0 Å². The number of anilines is 1. The molecule has 0 fully saturated rings. The first-order chi connectivity index (χ1) is 7.67. The van der Waals surface area contributed by atoms with E-state index in [1.165, 1.54) is 0 Å². The smallest absolute Gasteiger partial charge is 0.305 e. The largest absolute Gasteiger partial charge is 0.351 e. The molecule has 1 aromatic rings. The molecule has 0 amide bonds. The molecule has 6 nitrogen and oxygen atoms in total. The predicted molar refractivity (Wildman–Crippen MR) is 59.8 cm³/mol. The van der Waals surface area contributed by atoms with Gasteiger partial charge in [0.2, 0.25) is 5.95 Å². The van der Waals surface area contributed by atoms with Crippen molar-refractivity contribution in [3.8, 4) is 12.3 Å². The lowest BCUT2D eigenvalue weighted by molar-refractivity contribution is -0.385. The lowest BCUT2D eigenvalue weighted by Gasteiger charge is -2.13. The Morgan fingerprint density at radius 2 is 2.25 bits per heavy atom. The van der Waals surface area contributed by atoms with Gasteiger partial charge in [0.05, 0.1) is 4.92 Å². The number of nitrogens with one attached hydrogen (secondary N) is 1. The summed E-state index contributed by atoms with van der Waals surface area (Å²) in [5.41, 5.74) is -0.129. The topological polar surface area (TPSA) is 81.0 Å². The van der Waals surface area contributed by atoms with Gasteiger partial charge in [-0.1, -0.05) is 6.92 Å². The van der Waals surface area contributed by atoms with Crippen molar-refractivity contribution < 1.29 is 4.92 Å². The number of nitro groups is 1. The molecule has 1 rings (SSSR count). The van der Waals surface area contributed by atoms with E-state index in [1.54, 1.807) is 0 Å². The second-order valence-electron chi connectivity index (χ2n) is 3.18. The van der Waals surface area contributed by atoms with Crippen LogP contribution in [0.4, 0.5) is 11.6 Å². The quantitative estimate of drug-likeness (QED) is 0.463. The third-order valence-corrected chi connectivity index (χ3v) is 2.04. The monoisotopic (exact) mass is 220 g/mol. The summed E-state index contributed by atoms with van der Waals surface area (Å²) in [7, 11) is 0. The zero-order valence-corrected chi connectivity index (χ0v) is 8.88. The van der Waals surface area contributed by atoms with Crippen LogP contribution in [0.3, 0.4) is 0 Å². The van der Waals surface area contributed by atoms with Crippen molar-refractivity contribution in [1.29, 1.82) is 0 Å². The van der Waals surface area contributed by atoms with E-state index in [-0.39, 0.29) is 11.7 Å². The van der Waals surface area contributed by atoms with Gasteiger partial charge in [-0.3, -0.25) is 10.1 Å². The number of rotatable bonds is 5. The maximum absolute atomic E-state index is 10.4. The molecule has 0 aliphatic heterocycles. The average molecular weight is 220 g/mol. The summed E-state index contributed by atoms with van der Waals surface area (Å²) in [5.74, 6) is 2.90. The van der Waals surface area contributed by atoms with Crippen molar-refractivity contribution >= 4 is 11.6 Å². The number of nitrogens with zero attached hydrogens (tertiary/aromatic N) is 3. The lowest BCUT2D eigenvalue weighted by atomic mass is 10.2. The molecule has 1 heterocycles. The van der Waals surface area contributed by atoms with Gasteiger partial charge in [-0.05, 0) is 6.42 Å². The predicted octanol–water partition coefficient (Wildman–Crippen LogP) is 1.60. The zero-order valence-electron chi connectivity index (χ0n) is 8.88. The van der Waals surface area contributed by atoms with E-state index in [0.717, 1.165) is 18.8 Å². The molecule has 6 heteroatoms. The molecule has 0 aromatic carbocycles. The summed E-state index contributed by atoms with van der Waals surface area (Å²) in [6, 6.07) is 0.0893. The fourth-order valence-corrected chi connectivity index (χ4v) is 1.11. The molecule has 84 valence electrons. The van der Waals surface area contributed by atoms with E-state index in [1.807, 2.05) is 6.92 Å². The molecule has 0 spiro atoms. The molecule has 0 aliphatic rings. The van der Waals surface area contributed by atoms with Crippen LogP contribution >= 0.6 is 0 Å². The molecule has 1 atom stereocenters. The summed E-state index contributed by atoms with van der Waals surface area (Å²) in [6.07, 6.45) is 8.94. The second kappa shape index (κ2) is 5.66. The van der Waals surface area contributed by atoms with Gasteiger partial charge in [0.1, 0.15) is 12.4 Å². The van der Waals surface area contributed by atoms with Gasteiger partial charge >= 0.3 is 5.69 Å². The fraction of sp³-hybridized carbons (Fsp3) is 0.400. The Hall–Kier alpha value is -2.16. The summed E-state index contributed by atoms with van der Waals surface area (Å²) < 4.78 is 0.